The molecule has 1 heterocycles. The molecule has 17 heavy (non-hydrogen) atoms. The van der Waals surface area contributed by atoms with E-state index in [-0.39, 0.29) is 0 Å². The van der Waals surface area contributed by atoms with Crippen molar-refractivity contribution in [3.8, 4) is 0 Å². The average Bonchev–Trinajstić information content (AvgIpc) is 2.37. The van der Waals surface area contributed by atoms with Gasteiger partial charge in [0, 0.05) is 17.3 Å². The Labute approximate surface area is 98.9 Å². The van der Waals surface area contributed by atoms with Gasteiger partial charge in [-0.15, -0.1) is 0 Å². The van der Waals surface area contributed by atoms with Gasteiger partial charge in [0.2, 0.25) is 0 Å². The third kappa shape index (κ3) is 2.12. The lowest BCUT2D eigenvalue weighted by Gasteiger charge is -2.10. The predicted molar refractivity (Wildman–Crippen MR) is 63.5 cm³/mol. The molecular weight excluding hydrogens is 218 g/mol. The van der Waals surface area contributed by atoms with Crippen molar-refractivity contribution in [2.75, 3.05) is 7.11 Å². The van der Waals surface area contributed by atoms with Crippen molar-refractivity contribution in [1.29, 1.82) is 0 Å². The zero-order valence-corrected chi connectivity index (χ0v) is 9.68. The van der Waals surface area contributed by atoms with Gasteiger partial charge < -0.3 is 9.84 Å². The molecule has 0 aliphatic rings. The number of ether oxygens (including phenoxy) is 1. The van der Waals surface area contributed by atoms with Gasteiger partial charge in [0.15, 0.2) is 6.10 Å². The predicted octanol–water partition coefficient (Wildman–Crippen LogP) is 1.75. The molecule has 2 rings (SSSR count). The van der Waals surface area contributed by atoms with E-state index in [9.17, 15) is 9.90 Å². The molecule has 1 N–H and O–H groups in total. The summed E-state index contributed by atoms with van der Waals surface area (Å²) in [7, 11) is 1.25. The van der Waals surface area contributed by atoms with E-state index in [0.717, 1.165) is 16.5 Å². The first kappa shape index (κ1) is 11.5. The van der Waals surface area contributed by atoms with Crippen LogP contribution in [0.4, 0.5) is 0 Å². The maximum Gasteiger partial charge on any atom is 0.339 e. The molecule has 1 unspecified atom stereocenters. The number of carbonyl (C=O) groups is 1. The Kier molecular flexibility index (Phi) is 3.06. The normalized spacial score (nSPS) is 12.4. The Morgan fingerprint density at radius 3 is 2.88 bits per heavy atom. The lowest BCUT2D eigenvalue weighted by atomic mass is 10.0. The van der Waals surface area contributed by atoms with Crippen molar-refractivity contribution in [3.63, 3.8) is 0 Å². The van der Waals surface area contributed by atoms with Crippen molar-refractivity contribution in [3.05, 3.63) is 41.7 Å². The fourth-order valence-corrected chi connectivity index (χ4v) is 1.77. The smallest absolute Gasteiger partial charge is 0.339 e. The van der Waals surface area contributed by atoms with E-state index in [2.05, 4.69) is 9.72 Å². The highest BCUT2D eigenvalue weighted by Gasteiger charge is 2.17. The molecule has 0 amide bonds. The number of aromatic nitrogens is 1. The minimum atomic E-state index is -1.24. The first-order valence-corrected chi connectivity index (χ1v) is 5.24. The summed E-state index contributed by atoms with van der Waals surface area (Å²) >= 11 is 0. The largest absolute Gasteiger partial charge is 0.467 e. The third-order valence-electron chi connectivity index (χ3n) is 2.73. The lowest BCUT2D eigenvalue weighted by Crippen LogP contribution is -2.13. The number of hydrogen-bond acceptors (Lipinski definition) is 4. The number of rotatable bonds is 2. The van der Waals surface area contributed by atoms with Crippen LogP contribution in [0.3, 0.4) is 0 Å². The topological polar surface area (TPSA) is 59.4 Å². The van der Waals surface area contributed by atoms with Gasteiger partial charge in [-0.25, -0.2) is 4.79 Å². The molecular formula is C13H13NO3. The van der Waals surface area contributed by atoms with Crippen molar-refractivity contribution in [1.82, 2.24) is 4.98 Å². The van der Waals surface area contributed by atoms with E-state index in [1.165, 1.54) is 7.11 Å². The number of aryl methyl sites for hydroxylation is 1. The maximum absolute atomic E-state index is 11.2. The number of pyridine rings is 1. The molecule has 0 aliphatic carbocycles. The molecule has 0 aliphatic heterocycles. The highest BCUT2D eigenvalue weighted by atomic mass is 16.5. The standard InChI is InChI=1S/C13H13NO3/c1-8-11-4-3-10(12(15)13(16)17-2)7-9(11)5-6-14-8/h3-7,12,15H,1-2H3. The summed E-state index contributed by atoms with van der Waals surface area (Å²) in [6.07, 6.45) is 0.462. The van der Waals surface area contributed by atoms with Gasteiger partial charge in [0.25, 0.3) is 0 Å². The van der Waals surface area contributed by atoms with Crippen LogP contribution >= 0.6 is 0 Å². The van der Waals surface area contributed by atoms with E-state index in [4.69, 9.17) is 0 Å². The molecule has 0 spiro atoms. The third-order valence-corrected chi connectivity index (χ3v) is 2.73. The van der Waals surface area contributed by atoms with Gasteiger partial charge in [-0.3, -0.25) is 4.98 Å². The number of aliphatic hydroxyl groups excluding tert-OH is 1. The molecule has 0 bridgehead atoms. The Bertz CT molecular complexity index is 566. The average molecular weight is 231 g/mol. The molecule has 0 fully saturated rings. The molecule has 1 aromatic carbocycles. The van der Waals surface area contributed by atoms with Crippen molar-refractivity contribution in [2.45, 2.75) is 13.0 Å². The van der Waals surface area contributed by atoms with Crippen molar-refractivity contribution >= 4 is 16.7 Å². The summed E-state index contributed by atoms with van der Waals surface area (Å²) in [4.78, 5) is 15.4. The highest BCUT2D eigenvalue weighted by molar-refractivity contribution is 5.86. The number of aliphatic hydroxyl groups is 1. The highest BCUT2D eigenvalue weighted by Crippen LogP contribution is 2.22. The van der Waals surface area contributed by atoms with E-state index < -0.39 is 12.1 Å². The van der Waals surface area contributed by atoms with E-state index in [1.54, 1.807) is 18.3 Å². The number of fused-ring (bicyclic) bond motifs is 1. The second-order valence-electron chi connectivity index (χ2n) is 3.80. The van der Waals surface area contributed by atoms with Crippen LogP contribution in [0.15, 0.2) is 30.5 Å². The SMILES string of the molecule is COC(=O)C(O)c1ccc2c(C)nccc2c1. The molecule has 1 atom stereocenters. The van der Waals surface area contributed by atoms with Crippen LogP contribution in [0.2, 0.25) is 0 Å². The lowest BCUT2D eigenvalue weighted by molar-refractivity contribution is -0.150. The number of carbonyl (C=O) groups excluding carboxylic acids is 1. The van der Waals surface area contributed by atoms with E-state index in [0.29, 0.717) is 5.56 Å². The summed E-state index contributed by atoms with van der Waals surface area (Å²) in [5, 5.41) is 11.7. The fraction of sp³-hybridized carbons (Fsp3) is 0.231. The zero-order valence-electron chi connectivity index (χ0n) is 9.68. The Morgan fingerprint density at radius 1 is 1.41 bits per heavy atom. The Balaban J connectivity index is 2.48. The summed E-state index contributed by atoms with van der Waals surface area (Å²) in [5.74, 6) is -0.657. The van der Waals surface area contributed by atoms with Gasteiger partial charge >= 0.3 is 5.97 Å². The summed E-state index contributed by atoms with van der Waals surface area (Å²) in [6, 6.07) is 7.17. The number of methoxy groups -OCH3 is 1. The number of nitrogens with zero attached hydrogens (tertiary/aromatic N) is 1. The molecule has 0 saturated carbocycles. The number of esters is 1. The fourth-order valence-electron chi connectivity index (χ4n) is 1.77. The van der Waals surface area contributed by atoms with Gasteiger partial charge in [0.05, 0.1) is 7.11 Å². The van der Waals surface area contributed by atoms with Crippen molar-refractivity contribution in [2.24, 2.45) is 0 Å². The van der Waals surface area contributed by atoms with Crippen LogP contribution in [0.5, 0.6) is 0 Å². The van der Waals surface area contributed by atoms with E-state index in [1.807, 2.05) is 19.1 Å². The van der Waals surface area contributed by atoms with Crippen LogP contribution < -0.4 is 0 Å². The van der Waals surface area contributed by atoms with Crippen LogP contribution in [0.1, 0.15) is 17.4 Å². The quantitative estimate of drug-likeness (QED) is 0.800. The monoisotopic (exact) mass is 231 g/mol. The Hall–Kier alpha value is -1.94. The molecule has 0 radical (unpaired) electrons. The summed E-state index contributed by atoms with van der Waals surface area (Å²) in [6.45, 7) is 1.92. The van der Waals surface area contributed by atoms with Gasteiger partial charge in [-0.1, -0.05) is 12.1 Å². The Morgan fingerprint density at radius 2 is 2.18 bits per heavy atom. The van der Waals surface area contributed by atoms with Crippen LogP contribution in [-0.4, -0.2) is 23.2 Å². The molecule has 4 nitrogen and oxygen atoms in total. The van der Waals surface area contributed by atoms with Crippen molar-refractivity contribution < 1.29 is 14.6 Å². The molecule has 88 valence electrons. The van der Waals surface area contributed by atoms with Gasteiger partial charge in [-0.2, -0.15) is 0 Å². The van der Waals surface area contributed by atoms with E-state index >= 15 is 0 Å². The number of hydrogen-bond donors (Lipinski definition) is 1. The zero-order chi connectivity index (χ0) is 12.4. The molecule has 1 aromatic heterocycles. The number of benzene rings is 1. The summed E-state index contributed by atoms with van der Waals surface area (Å²) in [5.41, 5.74) is 1.44. The molecule has 0 saturated heterocycles. The first-order valence-electron chi connectivity index (χ1n) is 5.24. The van der Waals surface area contributed by atoms with Crippen LogP contribution in [0.25, 0.3) is 10.8 Å². The van der Waals surface area contributed by atoms with Crippen LogP contribution in [-0.2, 0) is 9.53 Å². The minimum absolute atomic E-state index is 0.523. The summed E-state index contributed by atoms with van der Waals surface area (Å²) < 4.78 is 4.50. The second kappa shape index (κ2) is 4.51. The van der Waals surface area contributed by atoms with Gasteiger partial charge in [0.1, 0.15) is 0 Å². The molecule has 2 aromatic rings. The first-order chi connectivity index (χ1) is 8.13. The maximum atomic E-state index is 11.2. The second-order valence-corrected chi connectivity index (χ2v) is 3.80. The van der Waals surface area contributed by atoms with Gasteiger partial charge in [-0.05, 0) is 30.0 Å². The molecule has 4 heteroatoms. The minimum Gasteiger partial charge on any atom is -0.467 e. The van der Waals surface area contributed by atoms with Crippen LogP contribution in [0, 0.1) is 6.92 Å².